The van der Waals surface area contributed by atoms with Crippen LogP contribution < -0.4 is 5.73 Å². The summed E-state index contributed by atoms with van der Waals surface area (Å²) in [4.78, 5) is 0. The highest BCUT2D eigenvalue weighted by Crippen LogP contribution is 1.88. The van der Waals surface area contributed by atoms with Crippen molar-refractivity contribution in [3.8, 4) is 0 Å². The lowest BCUT2D eigenvalue weighted by molar-refractivity contribution is 1.14. The average Bonchev–Trinajstić information content (AvgIpc) is 2.04. The Balaban J connectivity index is 3.86. The van der Waals surface area contributed by atoms with E-state index < -0.39 is 0 Å². The zero-order valence-electron chi connectivity index (χ0n) is 7.17. The van der Waals surface area contributed by atoms with E-state index in [4.69, 9.17) is 5.73 Å². The van der Waals surface area contributed by atoms with Gasteiger partial charge in [0.25, 0.3) is 0 Å². The van der Waals surface area contributed by atoms with Gasteiger partial charge in [-0.2, -0.15) is 0 Å². The maximum absolute atomic E-state index is 5.38. The lowest BCUT2D eigenvalue weighted by Gasteiger charge is -1.87. The van der Waals surface area contributed by atoms with Crippen molar-refractivity contribution < 1.29 is 0 Å². The summed E-state index contributed by atoms with van der Waals surface area (Å²) in [6.07, 6.45) is 9.61. The van der Waals surface area contributed by atoms with E-state index in [1.165, 1.54) is 5.57 Å². The zero-order chi connectivity index (χ0) is 8.53. The van der Waals surface area contributed by atoms with Crippen LogP contribution in [-0.2, 0) is 0 Å². The van der Waals surface area contributed by atoms with E-state index in [1.807, 2.05) is 44.2 Å². The normalized spacial score (nSPS) is 11.4. The van der Waals surface area contributed by atoms with Gasteiger partial charge < -0.3 is 5.73 Å². The fourth-order valence-electron chi connectivity index (χ4n) is 0.495. The Morgan fingerprint density at radius 2 is 2.18 bits per heavy atom. The molecule has 0 unspecified atom stereocenters. The summed E-state index contributed by atoms with van der Waals surface area (Å²) in [6, 6.07) is 0. The second-order valence-corrected chi connectivity index (χ2v) is 2.22. The molecular formula is C10H15N. The summed E-state index contributed by atoms with van der Waals surface area (Å²) in [7, 11) is 0. The zero-order valence-corrected chi connectivity index (χ0v) is 7.17. The van der Waals surface area contributed by atoms with Gasteiger partial charge in [-0.1, -0.05) is 23.8 Å². The maximum Gasteiger partial charge on any atom is 0.0137 e. The maximum atomic E-state index is 5.38. The van der Waals surface area contributed by atoms with E-state index in [-0.39, 0.29) is 0 Å². The molecule has 0 atom stereocenters. The average molecular weight is 149 g/mol. The third-order valence-corrected chi connectivity index (χ3v) is 1.17. The van der Waals surface area contributed by atoms with E-state index in [1.54, 1.807) is 0 Å². The highest BCUT2D eigenvalue weighted by atomic mass is 14.5. The van der Waals surface area contributed by atoms with Crippen molar-refractivity contribution >= 4 is 0 Å². The van der Waals surface area contributed by atoms with Gasteiger partial charge in [0, 0.05) is 6.54 Å². The molecule has 0 fully saturated rings. The number of hydrogen-bond donors (Lipinski definition) is 1. The lowest BCUT2D eigenvalue weighted by Crippen LogP contribution is -1.98. The van der Waals surface area contributed by atoms with E-state index >= 15 is 0 Å². The molecule has 0 radical (unpaired) electrons. The van der Waals surface area contributed by atoms with Gasteiger partial charge >= 0.3 is 0 Å². The van der Waals surface area contributed by atoms with Crippen LogP contribution in [0.4, 0.5) is 0 Å². The van der Waals surface area contributed by atoms with Gasteiger partial charge in [0.15, 0.2) is 0 Å². The Morgan fingerprint density at radius 1 is 1.45 bits per heavy atom. The number of hydrogen-bond acceptors (Lipinski definition) is 1. The third-order valence-electron chi connectivity index (χ3n) is 1.17. The van der Waals surface area contributed by atoms with E-state index in [9.17, 15) is 0 Å². The molecule has 0 aromatic rings. The van der Waals surface area contributed by atoms with E-state index in [2.05, 4.69) is 5.73 Å². The highest BCUT2D eigenvalue weighted by molar-refractivity contribution is 5.15. The quantitative estimate of drug-likeness (QED) is 0.483. The Hall–Kier alpha value is -1.04. The van der Waals surface area contributed by atoms with Crippen molar-refractivity contribution in [1.82, 2.24) is 0 Å². The summed E-state index contributed by atoms with van der Waals surface area (Å²) in [5.41, 5.74) is 9.50. The van der Waals surface area contributed by atoms with Crippen molar-refractivity contribution in [2.75, 3.05) is 6.54 Å². The SMILES string of the molecule is CC=C=C/C=C\C=C(/C)CN. The minimum absolute atomic E-state index is 0.623. The third kappa shape index (κ3) is 6.85. The van der Waals surface area contributed by atoms with Gasteiger partial charge in [-0.05, 0) is 26.0 Å². The van der Waals surface area contributed by atoms with Gasteiger partial charge in [-0.25, -0.2) is 0 Å². The van der Waals surface area contributed by atoms with Crippen LogP contribution in [0.15, 0.2) is 41.7 Å². The Morgan fingerprint density at radius 3 is 2.73 bits per heavy atom. The first-order valence-corrected chi connectivity index (χ1v) is 3.71. The molecule has 0 aliphatic carbocycles. The van der Waals surface area contributed by atoms with Gasteiger partial charge in [0.05, 0.1) is 0 Å². The van der Waals surface area contributed by atoms with Crippen LogP contribution in [-0.4, -0.2) is 6.54 Å². The Bertz CT molecular complexity index is 203. The van der Waals surface area contributed by atoms with E-state index in [0.717, 1.165) is 0 Å². The largest absolute Gasteiger partial charge is 0.327 e. The molecule has 2 N–H and O–H groups in total. The van der Waals surface area contributed by atoms with Crippen LogP contribution in [0.5, 0.6) is 0 Å². The molecule has 1 nitrogen and oxygen atoms in total. The molecular weight excluding hydrogens is 134 g/mol. The molecule has 0 saturated carbocycles. The lowest BCUT2D eigenvalue weighted by atomic mass is 10.3. The first-order chi connectivity index (χ1) is 5.31. The Kier molecular flexibility index (Phi) is 6.40. The topological polar surface area (TPSA) is 26.0 Å². The van der Waals surface area contributed by atoms with E-state index in [0.29, 0.717) is 6.54 Å². The number of allylic oxidation sites excluding steroid dienone is 4. The molecule has 0 bridgehead atoms. The van der Waals surface area contributed by atoms with Crippen LogP contribution in [0, 0.1) is 0 Å². The predicted molar refractivity (Wildman–Crippen MR) is 50.3 cm³/mol. The van der Waals surface area contributed by atoms with Crippen LogP contribution in [0.25, 0.3) is 0 Å². The predicted octanol–water partition coefficient (Wildman–Crippen LogP) is 2.18. The summed E-state index contributed by atoms with van der Waals surface area (Å²) in [5.74, 6) is 0. The molecule has 0 heterocycles. The molecule has 0 saturated heterocycles. The van der Waals surface area contributed by atoms with Crippen molar-refractivity contribution in [1.29, 1.82) is 0 Å². The molecule has 0 spiro atoms. The molecule has 0 aliphatic heterocycles. The van der Waals surface area contributed by atoms with Crippen molar-refractivity contribution in [2.24, 2.45) is 5.73 Å². The molecule has 1 heteroatoms. The molecule has 0 rings (SSSR count). The fraction of sp³-hybridized carbons (Fsp3) is 0.300. The number of rotatable bonds is 3. The molecule has 0 amide bonds. The van der Waals surface area contributed by atoms with Crippen molar-refractivity contribution in [3.05, 3.63) is 41.7 Å². The molecule has 0 aliphatic rings. The minimum atomic E-state index is 0.623. The van der Waals surface area contributed by atoms with Crippen LogP contribution in [0.3, 0.4) is 0 Å². The standard InChI is InChI=1S/C10H15N/c1-3-4-5-6-7-8-10(2)9-11/h3,5-8H,9,11H2,1-2H3/b7-6-,10-8+. The Labute approximate surface area is 68.6 Å². The second kappa shape index (κ2) is 7.07. The molecule has 11 heavy (non-hydrogen) atoms. The minimum Gasteiger partial charge on any atom is -0.327 e. The van der Waals surface area contributed by atoms with Crippen molar-refractivity contribution in [2.45, 2.75) is 13.8 Å². The second-order valence-electron chi connectivity index (χ2n) is 2.22. The molecule has 0 aromatic heterocycles. The smallest absolute Gasteiger partial charge is 0.0137 e. The van der Waals surface area contributed by atoms with Crippen LogP contribution >= 0.6 is 0 Å². The monoisotopic (exact) mass is 149 g/mol. The first-order valence-electron chi connectivity index (χ1n) is 3.71. The van der Waals surface area contributed by atoms with Crippen LogP contribution in [0.1, 0.15) is 13.8 Å². The molecule has 0 aromatic carbocycles. The summed E-state index contributed by atoms with van der Waals surface area (Å²) in [6.45, 7) is 4.56. The van der Waals surface area contributed by atoms with Crippen molar-refractivity contribution in [3.63, 3.8) is 0 Å². The summed E-state index contributed by atoms with van der Waals surface area (Å²) >= 11 is 0. The number of nitrogens with two attached hydrogens (primary N) is 1. The first kappa shape index (κ1) is 9.96. The molecule has 60 valence electrons. The summed E-state index contributed by atoms with van der Waals surface area (Å²) < 4.78 is 0. The fourth-order valence-corrected chi connectivity index (χ4v) is 0.495. The summed E-state index contributed by atoms with van der Waals surface area (Å²) in [5, 5.41) is 0. The van der Waals surface area contributed by atoms with Crippen LogP contribution in [0.2, 0.25) is 0 Å². The van der Waals surface area contributed by atoms with Gasteiger partial charge in [0.1, 0.15) is 0 Å². The van der Waals surface area contributed by atoms with Gasteiger partial charge in [-0.3, -0.25) is 0 Å². The van der Waals surface area contributed by atoms with Gasteiger partial charge in [-0.15, -0.1) is 5.73 Å². The highest BCUT2D eigenvalue weighted by Gasteiger charge is 1.76. The van der Waals surface area contributed by atoms with Gasteiger partial charge in [0.2, 0.25) is 0 Å².